The number of aliphatic hydroxyl groups is 1. The van der Waals surface area contributed by atoms with Gasteiger partial charge in [-0.25, -0.2) is 0 Å². The van der Waals surface area contributed by atoms with Crippen LogP contribution in [0.4, 0.5) is 0 Å². The van der Waals surface area contributed by atoms with Crippen LogP contribution in [0.25, 0.3) is 0 Å². The summed E-state index contributed by atoms with van der Waals surface area (Å²) >= 11 is 1.72. The minimum atomic E-state index is -0.536. The Morgan fingerprint density at radius 3 is 2.81 bits per heavy atom. The minimum Gasteiger partial charge on any atom is -0.384 e. The van der Waals surface area contributed by atoms with E-state index in [0.717, 1.165) is 19.3 Å². The third kappa shape index (κ3) is 2.18. The van der Waals surface area contributed by atoms with Crippen LogP contribution in [-0.4, -0.2) is 5.11 Å². The fourth-order valence-corrected chi connectivity index (χ4v) is 3.99. The molecule has 0 saturated heterocycles. The monoisotopic (exact) mass is 238 g/mol. The largest absolute Gasteiger partial charge is 0.384 e. The molecule has 2 unspecified atom stereocenters. The van der Waals surface area contributed by atoms with Crippen LogP contribution in [0.5, 0.6) is 0 Å². The third-order valence-electron chi connectivity index (χ3n) is 3.99. The third-order valence-corrected chi connectivity index (χ3v) is 5.20. The molecule has 2 heteroatoms. The Balaban J connectivity index is 2.22. The smallest absolute Gasteiger partial charge is 0.0993 e. The second-order valence-corrected chi connectivity index (χ2v) is 6.48. The topological polar surface area (TPSA) is 20.2 Å². The summed E-state index contributed by atoms with van der Waals surface area (Å²) in [6.45, 7) is 6.66. The summed E-state index contributed by atoms with van der Waals surface area (Å²) in [4.78, 5) is 1.21. The first kappa shape index (κ1) is 12.1. The lowest BCUT2D eigenvalue weighted by atomic mass is 9.72. The summed E-state index contributed by atoms with van der Waals surface area (Å²) in [6.07, 6.45) is 4.34. The Morgan fingerprint density at radius 1 is 1.50 bits per heavy atom. The van der Waals surface area contributed by atoms with E-state index >= 15 is 0 Å². The van der Waals surface area contributed by atoms with Crippen LogP contribution in [0, 0.1) is 18.8 Å². The Hall–Kier alpha value is -0.340. The Bertz CT molecular complexity index is 355. The second-order valence-electron chi connectivity index (χ2n) is 5.56. The quantitative estimate of drug-likeness (QED) is 0.822. The molecule has 1 aliphatic carbocycles. The molecule has 1 nitrogen and oxygen atoms in total. The Kier molecular flexibility index (Phi) is 3.41. The molecular formula is C14H22OS. The molecule has 1 N–H and O–H groups in total. The molecule has 1 aromatic heterocycles. The summed E-state index contributed by atoms with van der Waals surface area (Å²) in [5.41, 5.74) is 0.725. The highest BCUT2D eigenvalue weighted by Crippen LogP contribution is 2.45. The molecular weight excluding hydrogens is 216 g/mol. The first-order valence-electron chi connectivity index (χ1n) is 6.30. The van der Waals surface area contributed by atoms with Crippen molar-refractivity contribution in [1.29, 1.82) is 0 Å². The number of hydrogen-bond donors (Lipinski definition) is 1. The lowest BCUT2D eigenvalue weighted by molar-refractivity contribution is -0.0269. The van der Waals surface area contributed by atoms with Gasteiger partial charge in [0.2, 0.25) is 0 Å². The SMILES string of the molecule is Cc1ccsc1C1(O)CCCC(C(C)C)C1. The van der Waals surface area contributed by atoms with Gasteiger partial charge in [0.1, 0.15) is 0 Å². The Labute approximate surface area is 103 Å². The summed E-state index contributed by atoms with van der Waals surface area (Å²) in [5.74, 6) is 1.37. The van der Waals surface area contributed by atoms with Crippen LogP contribution in [-0.2, 0) is 5.60 Å². The maximum atomic E-state index is 10.8. The second kappa shape index (κ2) is 4.50. The fourth-order valence-electron chi connectivity index (χ4n) is 2.92. The van der Waals surface area contributed by atoms with Gasteiger partial charge in [0, 0.05) is 4.88 Å². The van der Waals surface area contributed by atoms with Crippen molar-refractivity contribution in [3.05, 3.63) is 21.9 Å². The predicted octanol–water partition coefficient (Wildman–Crippen LogP) is 4.09. The van der Waals surface area contributed by atoms with Crippen LogP contribution in [0.1, 0.15) is 50.0 Å². The molecule has 0 radical (unpaired) electrons. The van der Waals surface area contributed by atoms with Crippen molar-refractivity contribution in [1.82, 2.24) is 0 Å². The van der Waals surface area contributed by atoms with Crippen LogP contribution in [0.3, 0.4) is 0 Å². The van der Waals surface area contributed by atoms with Crippen LogP contribution in [0.2, 0.25) is 0 Å². The number of hydrogen-bond acceptors (Lipinski definition) is 2. The lowest BCUT2D eigenvalue weighted by Gasteiger charge is -2.38. The highest BCUT2D eigenvalue weighted by molar-refractivity contribution is 7.10. The van der Waals surface area contributed by atoms with Crippen molar-refractivity contribution in [3.8, 4) is 0 Å². The molecule has 1 heterocycles. The molecule has 2 rings (SSSR count). The predicted molar refractivity (Wildman–Crippen MR) is 69.7 cm³/mol. The lowest BCUT2D eigenvalue weighted by Crippen LogP contribution is -2.34. The molecule has 0 aromatic carbocycles. The van der Waals surface area contributed by atoms with Gasteiger partial charge in [0.15, 0.2) is 0 Å². The van der Waals surface area contributed by atoms with Gasteiger partial charge in [-0.2, -0.15) is 0 Å². The summed E-state index contributed by atoms with van der Waals surface area (Å²) in [7, 11) is 0. The highest BCUT2D eigenvalue weighted by Gasteiger charge is 2.38. The van der Waals surface area contributed by atoms with Gasteiger partial charge in [-0.1, -0.05) is 13.8 Å². The maximum absolute atomic E-state index is 10.8. The van der Waals surface area contributed by atoms with Gasteiger partial charge in [-0.15, -0.1) is 11.3 Å². The maximum Gasteiger partial charge on any atom is 0.0993 e. The minimum absolute atomic E-state index is 0.536. The zero-order chi connectivity index (χ0) is 11.8. The zero-order valence-corrected chi connectivity index (χ0v) is 11.3. The molecule has 0 aliphatic heterocycles. The van der Waals surface area contributed by atoms with E-state index in [-0.39, 0.29) is 0 Å². The van der Waals surface area contributed by atoms with Crippen LogP contribution in [0.15, 0.2) is 11.4 Å². The van der Waals surface area contributed by atoms with E-state index in [4.69, 9.17) is 0 Å². The van der Waals surface area contributed by atoms with Crippen molar-refractivity contribution in [2.24, 2.45) is 11.8 Å². The number of rotatable bonds is 2. The molecule has 0 amide bonds. The van der Waals surface area contributed by atoms with Gasteiger partial charge in [0.25, 0.3) is 0 Å². The van der Waals surface area contributed by atoms with Gasteiger partial charge in [-0.3, -0.25) is 0 Å². The van der Waals surface area contributed by atoms with Crippen LogP contribution >= 0.6 is 11.3 Å². The molecule has 1 saturated carbocycles. The van der Waals surface area contributed by atoms with Crippen molar-refractivity contribution in [2.45, 2.75) is 52.1 Å². The van der Waals surface area contributed by atoms with E-state index in [1.165, 1.54) is 16.9 Å². The summed E-state index contributed by atoms with van der Waals surface area (Å²) in [5, 5.41) is 12.9. The van der Waals surface area contributed by atoms with E-state index in [1.54, 1.807) is 11.3 Å². The van der Waals surface area contributed by atoms with Crippen molar-refractivity contribution in [3.63, 3.8) is 0 Å². The molecule has 90 valence electrons. The molecule has 1 fully saturated rings. The van der Waals surface area contributed by atoms with E-state index in [2.05, 4.69) is 32.2 Å². The van der Waals surface area contributed by atoms with Crippen molar-refractivity contribution >= 4 is 11.3 Å². The molecule has 1 aromatic rings. The van der Waals surface area contributed by atoms with Gasteiger partial charge < -0.3 is 5.11 Å². The average Bonchev–Trinajstić information content (AvgIpc) is 2.65. The van der Waals surface area contributed by atoms with E-state index in [0.29, 0.717) is 11.8 Å². The zero-order valence-electron chi connectivity index (χ0n) is 10.5. The molecule has 0 spiro atoms. The fraction of sp³-hybridized carbons (Fsp3) is 0.714. The van der Waals surface area contributed by atoms with E-state index in [1.807, 2.05) is 0 Å². The Morgan fingerprint density at radius 2 is 2.25 bits per heavy atom. The van der Waals surface area contributed by atoms with Crippen molar-refractivity contribution in [2.75, 3.05) is 0 Å². The first-order valence-corrected chi connectivity index (χ1v) is 7.18. The molecule has 16 heavy (non-hydrogen) atoms. The standard InChI is InChI=1S/C14H22OS/c1-10(2)12-5-4-7-14(15,9-12)13-11(3)6-8-16-13/h6,8,10,12,15H,4-5,7,9H2,1-3H3. The van der Waals surface area contributed by atoms with E-state index < -0.39 is 5.60 Å². The highest BCUT2D eigenvalue weighted by atomic mass is 32.1. The summed E-state index contributed by atoms with van der Waals surface area (Å²) < 4.78 is 0. The van der Waals surface area contributed by atoms with Gasteiger partial charge >= 0.3 is 0 Å². The van der Waals surface area contributed by atoms with Gasteiger partial charge in [0.05, 0.1) is 5.60 Å². The molecule has 1 aliphatic rings. The van der Waals surface area contributed by atoms with Crippen LogP contribution < -0.4 is 0 Å². The van der Waals surface area contributed by atoms with Crippen molar-refractivity contribution < 1.29 is 5.11 Å². The first-order chi connectivity index (χ1) is 7.53. The van der Waals surface area contributed by atoms with E-state index in [9.17, 15) is 5.11 Å². The number of aryl methyl sites for hydroxylation is 1. The molecule has 0 bridgehead atoms. The van der Waals surface area contributed by atoms with Gasteiger partial charge in [-0.05, 0) is 61.5 Å². The number of thiophene rings is 1. The molecule has 2 atom stereocenters. The normalized spacial score (nSPS) is 30.9. The summed E-state index contributed by atoms with van der Waals surface area (Å²) in [6, 6.07) is 2.12. The average molecular weight is 238 g/mol.